The molecule has 24 heavy (non-hydrogen) atoms. The molecule has 1 aromatic heterocycles. The Hall–Kier alpha value is -1.95. The van der Waals surface area contributed by atoms with Crippen LogP contribution in [0.4, 0.5) is 10.1 Å². The third-order valence-electron chi connectivity index (χ3n) is 4.32. The van der Waals surface area contributed by atoms with Crippen molar-refractivity contribution >= 4 is 22.9 Å². The van der Waals surface area contributed by atoms with E-state index in [1.54, 1.807) is 22.9 Å². The number of benzene rings is 1. The molecule has 1 N–H and O–H groups in total. The molecule has 1 amide bonds. The van der Waals surface area contributed by atoms with Gasteiger partial charge in [-0.25, -0.2) is 9.37 Å². The lowest BCUT2D eigenvalue weighted by Crippen LogP contribution is -2.48. The summed E-state index contributed by atoms with van der Waals surface area (Å²) in [5.74, 6) is -0.157. The normalized spacial score (nSPS) is 17.8. The summed E-state index contributed by atoms with van der Waals surface area (Å²) in [4.78, 5) is 18.4. The van der Waals surface area contributed by atoms with Gasteiger partial charge in [0.2, 0.25) is 5.91 Å². The van der Waals surface area contributed by atoms with Gasteiger partial charge in [-0.05, 0) is 43.9 Å². The van der Waals surface area contributed by atoms with Gasteiger partial charge in [-0.2, -0.15) is 0 Å². The second kappa shape index (κ2) is 7.75. The van der Waals surface area contributed by atoms with Crippen molar-refractivity contribution < 1.29 is 9.18 Å². The van der Waals surface area contributed by atoms with Crippen molar-refractivity contribution in [2.75, 3.05) is 18.0 Å². The molecule has 0 bridgehead atoms. The molecule has 2 aromatic rings. The first-order valence-corrected chi connectivity index (χ1v) is 9.23. The Balaban J connectivity index is 1.55. The molecule has 1 saturated heterocycles. The molecular weight excluding hydrogens is 325 g/mol. The number of nitrogens with zero attached hydrogens (tertiary/aromatic N) is 2. The van der Waals surface area contributed by atoms with Crippen molar-refractivity contribution in [3.8, 4) is 0 Å². The van der Waals surface area contributed by atoms with E-state index in [0.29, 0.717) is 25.1 Å². The van der Waals surface area contributed by atoms with Crippen molar-refractivity contribution in [2.24, 2.45) is 0 Å². The minimum Gasteiger partial charge on any atom is -0.367 e. The molecule has 4 nitrogen and oxygen atoms in total. The van der Waals surface area contributed by atoms with E-state index < -0.39 is 0 Å². The maximum Gasteiger partial charge on any atom is 0.220 e. The molecule has 0 unspecified atom stereocenters. The van der Waals surface area contributed by atoms with Gasteiger partial charge in [0.25, 0.3) is 0 Å². The quantitative estimate of drug-likeness (QED) is 0.902. The lowest BCUT2D eigenvalue weighted by molar-refractivity contribution is -0.121. The molecule has 0 saturated carbocycles. The summed E-state index contributed by atoms with van der Waals surface area (Å²) in [7, 11) is 0. The molecule has 0 radical (unpaired) electrons. The molecule has 128 valence electrons. The van der Waals surface area contributed by atoms with Crippen molar-refractivity contribution in [1.82, 2.24) is 10.3 Å². The number of rotatable bonds is 5. The summed E-state index contributed by atoms with van der Waals surface area (Å²) in [5, 5.41) is 5.06. The Morgan fingerprint density at radius 3 is 3.17 bits per heavy atom. The lowest BCUT2D eigenvalue weighted by Gasteiger charge is -2.35. The van der Waals surface area contributed by atoms with E-state index in [4.69, 9.17) is 0 Å². The van der Waals surface area contributed by atoms with Gasteiger partial charge in [-0.3, -0.25) is 4.79 Å². The van der Waals surface area contributed by atoms with E-state index in [-0.39, 0.29) is 17.8 Å². The summed E-state index contributed by atoms with van der Waals surface area (Å²) in [5.41, 5.74) is 4.42. The summed E-state index contributed by atoms with van der Waals surface area (Å²) in [6, 6.07) is 5.24. The zero-order valence-electron chi connectivity index (χ0n) is 13.8. The number of carbonyl (C=O) groups excluding carboxylic acids is 1. The highest BCUT2D eigenvalue weighted by molar-refractivity contribution is 7.07. The number of aryl methyl sites for hydroxylation is 2. The number of aromatic nitrogens is 1. The second-order valence-electron chi connectivity index (χ2n) is 6.29. The molecule has 1 fully saturated rings. The van der Waals surface area contributed by atoms with Gasteiger partial charge >= 0.3 is 0 Å². The van der Waals surface area contributed by atoms with Crippen molar-refractivity contribution in [3.63, 3.8) is 0 Å². The molecule has 0 spiro atoms. The lowest BCUT2D eigenvalue weighted by atomic mass is 10.0. The Kier molecular flexibility index (Phi) is 5.45. The standard InChI is InChI=1S/C18H22FN3OS/c1-13-4-6-16(19)17(9-13)22-8-2-3-14(10-22)21-18(23)7-5-15-11-24-12-20-15/h4,6,9,11-12,14H,2-3,5,7-8,10H2,1H3,(H,21,23)/t14-/m1/s1. The Bertz CT molecular complexity index is 690. The van der Waals surface area contributed by atoms with Crippen LogP contribution in [-0.2, 0) is 11.2 Å². The molecule has 6 heteroatoms. The highest BCUT2D eigenvalue weighted by Gasteiger charge is 2.23. The largest absolute Gasteiger partial charge is 0.367 e. The van der Waals surface area contributed by atoms with Crippen molar-refractivity contribution in [1.29, 1.82) is 0 Å². The fraction of sp³-hybridized carbons (Fsp3) is 0.444. The van der Waals surface area contributed by atoms with Crippen LogP contribution < -0.4 is 10.2 Å². The first kappa shape index (κ1) is 16.9. The maximum atomic E-state index is 14.1. The van der Waals surface area contributed by atoms with E-state index in [2.05, 4.69) is 10.3 Å². The zero-order chi connectivity index (χ0) is 16.9. The summed E-state index contributed by atoms with van der Waals surface area (Å²) < 4.78 is 14.1. The maximum absolute atomic E-state index is 14.1. The van der Waals surface area contributed by atoms with Crippen LogP contribution in [0.3, 0.4) is 0 Å². The van der Waals surface area contributed by atoms with E-state index in [9.17, 15) is 9.18 Å². The van der Waals surface area contributed by atoms with Gasteiger partial charge < -0.3 is 10.2 Å². The number of hydrogen-bond donors (Lipinski definition) is 1. The van der Waals surface area contributed by atoms with Crippen molar-refractivity contribution in [3.05, 3.63) is 46.2 Å². The Morgan fingerprint density at radius 1 is 1.50 bits per heavy atom. The van der Waals surface area contributed by atoms with Crippen LogP contribution in [0.25, 0.3) is 0 Å². The number of anilines is 1. The third-order valence-corrected chi connectivity index (χ3v) is 4.96. The SMILES string of the molecule is Cc1ccc(F)c(N2CCC[C@@H](NC(=O)CCc3cscn3)C2)c1. The van der Waals surface area contributed by atoms with E-state index >= 15 is 0 Å². The first-order valence-electron chi connectivity index (χ1n) is 8.29. The van der Waals surface area contributed by atoms with Gasteiger partial charge in [0.05, 0.1) is 16.9 Å². The summed E-state index contributed by atoms with van der Waals surface area (Å²) in [6.07, 6.45) is 2.99. The molecule has 3 rings (SSSR count). The van der Waals surface area contributed by atoms with E-state index in [1.807, 2.05) is 23.3 Å². The molecule has 2 heterocycles. The van der Waals surface area contributed by atoms with Crippen molar-refractivity contribution in [2.45, 2.75) is 38.6 Å². The average Bonchev–Trinajstić information content (AvgIpc) is 3.09. The van der Waals surface area contributed by atoms with Crippen LogP contribution in [0, 0.1) is 12.7 Å². The molecule has 1 aromatic carbocycles. The van der Waals surface area contributed by atoms with Crippen LogP contribution in [0.2, 0.25) is 0 Å². The summed E-state index contributed by atoms with van der Waals surface area (Å²) in [6.45, 7) is 3.44. The zero-order valence-corrected chi connectivity index (χ0v) is 14.6. The summed E-state index contributed by atoms with van der Waals surface area (Å²) >= 11 is 1.54. The first-order chi connectivity index (χ1) is 11.6. The molecular formula is C18H22FN3OS. The van der Waals surface area contributed by atoms with Gasteiger partial charge in [-0.15, -0.1) is 11.3 Å². The van der Waals surface area contributed by atoms with Crippen LogP contribution in [0.5, 0.6) is 0 Å². The van der Waals surface area contributed by atoms with Gasteiger partial charge in [0, 0.05) is 30.9 Å². The minimum absolute atomic E-state index is 0.0413. The molecule has 1 aliphatic rings. The predicted octanol–water partition coefficient (Wildman–Crippen LogP) is 3.31. The van der Waals surface area contributed by atoms with Gasteiger partial charge in [0.15, 0.2) is 0 Å². The smallest absolute Gasteiger partial charge is 0.220 e. The Morgan fingerprint density at radius 2 is 2.38 bits per heavy atom. The minimum atomic E-state index is -0.198. The molecule has 1 aliphatic heterocycles. The van der Waals surface area contributed by atoms with Gasteiger partial charge in [0.1, 0.15) is 5.82 Å². The third kappa shape index (κ3) is 4.32. The van der Waals surface area contributed by atoms with Crippen LogP contribution >= 0.6 is 11.3 Å². The number of nitrogens with one attached hydrogen (secondary N) is 1. The second-order valence-corrected chi connectivity index (χ2v) is 7.01. The van der Waals surface area contributed by atoms with E-state index in [0.717, 1.165) is 30.6 Å². The number of piperidine rings is 1. The highest BCUT2D eigenvalue weighted by Crippen LogP contribution is 2.24. The fourth-order valence-electron chi connectivity index (χ4n) is 3.08. The van der Waals surface area contributed by atoms with Crippen LogP contribution in [-0.4, -0.2) is 30.0 Å². The average molecular weight is 347 g/mol. The topological polar surface area (TPSA) is 45.2 Å². The number of amides is 1. The Labute approximate surface area is 145 Å². The highest BCUT2D eigenvalue weighted by atomic mass is 32.1. The monoisotopic (exact) mass is 347 g/mol. The van der Waals surface area contributed by atoms with Crippen LogP contribution in [0.15, 0.2) is 29.1 Å². The number of halogens is 1. The number of hydrogen-bond acceptors (Lipinski definition) is 4. The van der Waals surface area contributed by atoms with E-state index in [1.165, 1.54) is 6.07 Å². The number of carbonyl (C=O) groups is 1. The van der Waals surface area contributed by atoms with Gasteiger partial charge in [-0.1, -0.05) is 6.07 Å². The number of thiazole rings is 1. The van der Waals surface area contributed by atoms with Crippen LogP contribution in [0.1, 0.15) is 30.5 Å². The molecule has 0 aliphatic carbocycles. The molecule has 1 atom stereocenters. The predicted molar refractivity (Wildman–Crippen MR) is 94.9 cm³/mol. The fourth-order valence-corrected chi connectivity index (χ4v) is 3.67.